The summed E-state index contributed by atoms with van der Waals surface area (Å²) in [7, 11) is 0. The van der Waals surface area contributed by atoms with E-state index in [-0.39, 0.29) is 0 Å². The SMILES string of the molecule is [2H]C([2H])(O)C([2H])([2H])Br.[2H]C([2H])(O)C([2H])([2H])N1CCN(C2=Nc3ccccc3Sc3ccccc32)CC1.c1ccc2c(c1)N=C(N1CCNCC1)c1ccccc1S2. The highest BCUT2D eigenvalue weighted by Crippen LogP contribution is 2.41. The van der Waals surface area contributed by atoms with Crippen molar-refractivity contribution in [3.63, 3.8) is 0 Å². The van der Waals surface area contributed by atoms with Gasteiger partial charge in [0.15, 0.2) is 0 Å². The highest BCUT2D eigenvalue weighted by molar-refractivity contribution is 9.09. The molecule has 0 spiro atoms. The van der Waals surface area contributed by atoms with E-state index in [2.05, 4.69) is 91.7 Å². The Hall–Kier alpha value is -3.16. The van der Waals surface area contributed by atoms with Crippen molar-refractivity contribution in [1.82, 2.24) is 20.0 Å². The van der Waals surface area contributed by atoms with Crippen LogP contribution in [0.2, 0.25) is 0 Å². The molecule has 3 N–H and O–H groups in total. The zero-order valence-corrected chi connectivity index (χ0v) is 29.9. The van der Waals surface area contributed by atoms with E-state index in [9.17, 15) is 5.11 Å². The molecule has 0 amide bonds. The van der Waals surface area contributed by atoms with E-state index in [1.54, 1.807) is 11.8 Å². The highest BCUT2D eigenvalue weighted by Gasteiger charge is 2.25. The van der Waals surface area contributed by atoms with Gasteiger partial charge in [-0.25, -0.2) is 9.98 Å². The average molecular weight is 768 g/mol. The van der Waals surface area contributed by atoms with Crippen LogP contribution >= 0.6 is 39.5 Å². The first kappa shape index (κ1) is 26.6. The lowest BCUT2D eigenvalue weighted by Gasteiger charge is -2.36. The van der Waals surface area contributed by atoms with Gasteiger partial charge >= 0.3 is 0 Å². The first-order chi connectivity index (χ1) is 26.9. The Morgan fingerprint density at radius 1 is 0.612 bits per heavy atom. The number of benzene rings is 4. The van der Waals surface area contributed by atoms with Crippen molar-refractivity contribution < 1.29 is 21.2 Å². The van der Waals surface area contributed by atoms with Crippen LogP contribution in [0.1, 0.15) is 22.1 Å². The lowest BCUT2D eigenvalue weighted by molar-refractivity contribution is 0.147. The number of aliphatic imine (C=N–C) groups is 2. The molecule has 256 valence electrons. The number of nitrogens with zero attached hydrogens (tertiary/aromatic N) is 5. The Balaban J connectivity index is 0.000000166. The molecule has 0 saturated carbocycles. The molecule has 2 fully saturated rings. The number of β-amino-alcohol motifs (C(OH)–C–C–N with tert-alkyl or cyclic N) is 1. The molecule has 8 rings (SSSR count). The van der Waals surface area contributed by atoms with Crippen molar-refractivity contribution in [3.8, 4) is 0 Å². The molecular weight excluding hydrogens is 716 g/mol. The van der Waals surface area contributed by atoms with Gasteiger partial charge in [-0.2, -0.15) is 0 Å². The minimum Gasteiger partial charge on any atom is -0.396 e. The molecule has 4 aromatic rings. The monoisotopic (exact) mass is 766 g/mol. The molecular formula is C38H43BrN6O2S2. The smallest absolute Gasteiger partial charge is 0.137 e. The number of nitrogens with one attached hydrogen (secondary N) is 1. The summed E-state index contributed by atoms with van der Waals surface area (Å²) in [5.74, 6) is 1.96. The van der Waals surface area contributed by atoms with Crippen LogP contribution in [-0.4, -0.2) is 114 Å². The fourth-order valence-electron chi connectivity index (χ4n) is 5.80. The van der Waals surface area contributed by atoms with Gasteiger partial charge < -0.3 is 25.3 Å². The predicted molar refractivity (Wildman–Crippen MR) is 207 cm³/mol. The lowest BCUT2D eigenvalue weighted by Crippen LogP contribution is -2.49. The Morgan fingerprint density at radius 2 is 1.04 bits per heavy atom. The number of alkyl halides is 1. The molecule has 8 nitrogen and oxygen atoms in total. The first-order valence-electron chi connectivity index (χ1n) is 19.9. The van der Waals surface area contributed by atoms with Crippen molar-refractivity contribution >= 4 is 62.5 Å². The Morgan fingerprint density at radius 3 is 1.51 bits per heavy atom. The third-order valence-electron chi connectivity index (χ3n) is 8.13. The second-order valence-electron chi connectivity index (χ2n) is 11.1. The molecule has 4 aromatic carbocycles. The van der Waals surface area contributed by atoms with Crippen LogP contribution in [0.5, 0.6) is 0 Å². The molecule has 4 aliphatic rings. The minimum atomic E-state index is -2.92. The first-order valence-corrected chi connectivity index (χ1v) is 18.4. The summed E-state index contributed by atoms with van der Waals surface area (Å²) in [6.07, 6.45) is 0. The van der Waals surface area contributed by atoms with Crippen molar-refractivity contribution in [2.75, 3.05) is 77.3 Å². The number of aliphatic hydroxyl groups is 2. The van der Waals surface area contributed by atoms with Crippen molar-refractivity contribution in [3.05, 3.63) is 108 Å². The van der Waals surface area contributed by atoms with Crippen molar-refractivity contribution in [1.29, 1.82) is 0 Å². The van der Waals surface area contributed by atoms with E-state index in [1.807, 2.05) is 48.2 Å². The summed E-state index contributed by atoms with van der Waals surface area (Å²) in [5, 5.41) is 18.9. The molecule has 4 heterocycles. The summed E-state index contributed by atoms with van der Waals surface area (Å²) >= 11 is 5.81. The van der Waals surface area contributed by atoms with Crippen LogP contribution in [0.3, 0.4) is 0 Å². The van der Waals surface area contributed by atoms with E-state index in [0.717, 1.165) is 64.6 Å². The fraction of sp³-hybridized carbons (Fsp3) is 0.316. The third-order valence-corrected chi connectivity index (χ3v) is 10.6. The maximum atomic E-state index is 9.57. The number of halogens is 1. The zero-order valence-electron chi connectivity index (χ0n) is 34.7. The van der Waals surface area contributed by atoms with Crippen molar-refractivity contribution in [2.45, 2.75) is 19.6 Å². The van der Waals surface area contributed by atoms with Crippen LogP contribution in [0.15, 0.2) is 127 Å². The molecule has 0 unspecified atom stereocenters. The number of amidine groups is 2. The molecule has 11 heteroatoms. The Kier molecular flexibility index (Phi) is 9.88. The average Bonchev–Trinajstić information content (AvgIpc) is 3.46. The van der Waals surface area contributed by atoms with Crippen molar-refractivity contribution in [2.24, 2.45) is 9.98 Å². The van der Waals surface area contributed by atoms with Crippen LogP contribution in [0, 0.1) is 0 Å². The second-order valence-corrected chi connectivity index (χ2v) is 13.7. The number of hydrogen-bond donors (Lipinski definition) is 3. The third kappa shape index (κ3) is 9.15. The van der Waals surface area contributed by atoms with Gasteiger partial charge in [-0.15, -0.1) is 0 Å². The predicted octanol–water partition coefficient (Wildman–Crippen LogP) is 6.35. The van der Waals surface area contributed by atoms with Crippen LogP contribution in [0.25, 0.3) is 0 Å². The lowest BCUT2D eigenvalue weighted by atomic mass is 10.1. The number of para-hydroxylation sites is 2. The van der Waals surface area contributed by atoms with Crippen LogP contribution in [-0.2, 0) is 0 Å². The maximum absolute atomic E-state index is 9.57. The quantitative estimate of drug-likeness (QED) is 0.208. The fourth-order valence-corrected chi connectivity index (χ4v) is 7.83. The van der Waals surface area contributed by atoms with E-state index < -0.39 is 24.9 Å². The molecule has 0 aliphatic carbocycles. The van der Waals surface area contributed by atoms with Crippen LogP contribution in [0.4, 0.5) is 11.4 Å². The molecule has 2 saturated heterocycles. The normalized spacial score (nSPS) is 20.4. The molecule has 0 atom stereocenters. The Labute approximate surface area is 317 Å². The van der Waals surface area contributed by atoms with E-state index in [4.69, 9.17) is 26.1 Å². The summed E-state index contributed by atoms with van der Waals surface area (Å²) in [5.41, 5.74) is 4.27. The number of hydrogen-bond acceptors (Lipinski definition) is 10. The summed E-state index contributed by atoms with van der Waals surface area (Å²) < 4.78 is 56.5. The van der Waals surface area contributed by atoms with E-state index in [1.165, 1.54) is 20.3 Å². The standard InChI is InChI=1S/C19H21N3OS.C17H17N3S.C2H5BrO/c23-14-13-21-9-11-22(12-10-21)19-15-5-1-3-7-17(15)24-18-8-4-2-6-16(18)20-19;1-3-7-15-13(5-1)17(20-11-9-18-10-12-20)19-14-6-2-4-8-16(14)21-15;3-1-2-4/h1-8,23H,9-14H2;1-8,18H,9-12H2;4H,1-2H2/i13D2,14D2;;1D2,2D2. The molecule has 0 aromatic heterocycles. The van der Waals surface area contributed by atoms with Gasteiger partial charge in [0.05, 0.1) is 30.0 Å². The number of piperazine rings is 2. The van der Waals surface area contributed by atoms with E-state index in [0.29, 0.717) is 26.2 Å². The topological polar surface area (TPSA) is 86.9 Å². The van der Waals surface area contributed by atoms with Gasteiger partial charge in [-0.1, -0.05) is 100 Å². The summed E-state index contributed by atoms with van der Waals surface area (Å²) in [6.45, 7) is -2.52. The summed E-state index contributed by atoms with van der Waals surface area (Å²) in [4.78, 5) is 20.5. The highest BCUT2D eigenvalue weighted by atomic mass is 79.9. The molecule has 0 bridgehead atoms. The van der Waals surface area contributed by atoms with E-state index >= 15 is 0 Å². The minimum absolute atomic E-state index is 0.295. The van der Waals surface area contributed by atoms with Gasteiger partial charge in [0.1, 0.15) is 11.7 Å². The summed E-state index contributed by atoms with van der Waals surface area (Å²) in [6, 6.07) is 33.1. The molecule has 49 heavy (non-hydrogen) atoms. The largest absolute Gasteiger partial charge is 0.396 e. The van der Waals surface area contributed by atoms with Gasteiger partial charge in [0.25, 0.3) is 0 Å². The number of fused-ring (bicyclic) bond motifs is 4. The number of rotatable bonds is 3. The van der Waals surface area contributed by atoms with Crippen LogP contribution < -0.4 is 5.32 Å². The van der Waals surface area contributed by atoms with Gasteiger partial charge in [0.2, 0.25) is 0 Å². The zero-order chi connectivity index (χ0) is 41.0. The Bertz CT molecular complexity index is 2070. The van der Waals surface area contributed by atoms with Gasteiger partial charge in [-0.05, 0) is 36.4 Å². The van der Waals surface area contributed by atoms with Gasteiger partial charge in [-0.3, -0.25) is 4.90 Å². The second kappa shape index (κ2) is 18.2. The van der Waals surface area contributed by atoms with Gasteiger partial charge in [0, 0.05) is 100 Å². The molecule has 4 aliphatic heterocycles. The molecule has 0 radical (unpaired) electrons. The maximum Gasteiger partial charge on any atom is 0.137 e.